The van der Waals surface area contributed by atoms with Crippen LogP contribution >= 0.6 is 10.7 Å². The highest BCUT2D eigenvalue weighted by molar-refractivity contribution is 8.13. The molecule has 1 aromatic rings. The van der Waals surface area contributed by atoms with Crippen LogP contribution in [0.3, 0.4) is 0 Å². The largest absolute Gasteiger partial charge is 0.428 e. The summed E-state index contributed by atoms with van der Waals surface area (Å²) in [6, 6.07) is 0. The number of hydrogen-bond donors (Lipinski definition) is 0. The molecule has 56 valence electrons. The molecule has 0 aliphatic carbocycles. The average Bonchev–Trinajstić information content (AvgIpc) is 2.30. The van der Waals surface area contributed by atoms with Crippen molar-refractivity contribution in [3.63, 3.8) is 0 Å². The minimum atomic E-state index is -3.94. The molecule has 0 aliphatic rings. The van der Waals surface area contributed by atoms with Crippen molar-refractivity contribution < 1.29 is 15.6 Å². The van der Waals surface area contributed by atoms with Gasteiger partial charge in [-0.25, -0.2) is 13.4 Å². The third-order valence-corrected chi connectivity index (χ3v) is 1.87. The van der Waals surface area contributed by atoms with Gasteiger partial charge in [-0.05, 0) is 0 Å². The van der Waals surface area contributed by atoms with E-state index in [9.17, 15) is 8.42 Å². The second kappa shape index (κ2) is 2.25. The molecule has 0 atom stereocenters. The van der Waals surface area contributed by atoms with Crippen LogP contribution in [0.1, 0.15) is 8.63 Å². The lowest BCUT2D eigenvalue weighted by Gasteiger charge is -1.83. The number of aromatic nitrogens is 1. The summed E-state index contributed by atoms with van der Waals surface area (Å²) >= 11 is 0. The Hall–Kier alpha value is -0.550. The summed E-state index contributed by atoms with van der Waals surface area (Å²) < 4.78 is 39.3. The van der Waals surface area contributed by atoms with E-state index in [0.717, 1.165) is 6.20 Å². The van der Waals surface area contributed by atoms with Gasteiger partial charge in [-0.1, -0.05) is 0 Å². The van der Waals surface area contributed by atoms with Gasteiger partial charge in [-0.3, -0.25) is 0 Å². The summed E-state index contributed by atoms with van der Waals surface area (Å²) in [5.41, 5.74) is 0. The lowest BCUT2D eigenvalue weighted by molar-refractivity contribution is 0.427. The molecule has 0 saturated carbocycles. The molecule has 0 aromatic carbocycles. The third kappa shape index (κ3) is 1.48. The van der Waals surface area contributed by atoms with Crippen molar-refractivity contribution in [2.24, 2.45) is 0 Å². The lowest BCUT2D eigenvalue weighted by Crippen LogP contribution is -1.85. The van der Waals surface area contributed by atoms with Crippen LogP contribution in [0.5, 0.6) is 0 Å². The zero-order valence-corrected chi connectivity index (χ0v) is 6.19. The Morgan fingerprint density at radius 1 is 1.90 bits per heavy atom. The van der Waals surface area contributed by atoms with Gasteiger partial charge in [0.1, 0.15) is 0 Å². The molecule has 0 amide bonds. The maximum absolute atomic E-state index is 10.6. The van der Waals surface area contributed by atoms with E-state index >= 15 is 0 Å². The lowest BCUT2D eigenvalue weighted by atomic mass is 10.8. The Bertz CT molecular complexity index is 373. The smallest absolute Gasteiger partial charge is 0.296 e. The fraction of sp³-hybridized carbons (Fsp3) is 0.250. The van der Waals surface area contributed by atoms with Crippen LogP contribution in [0.4, 0.5) is 0 Å². The van der Waals surface area contributed by atoms with Gasteiger partial charge in [0.15, 0.2) is 5.89 Å². The standard InChI is InChI=1S/C4H4ClNO3S/c1-3-6-2-4(9-3)10(5,7)8/h2H,1H3/i1D2. The van der Waals surface area contributed by atoms with Crippen LogP contribution in [0, 0.1) is 6.88 Å². The highest BCUT2D eigenvalue weighted by Crippen LogP contribution is 2.14. The maximum Gasteiger partial charge on any atom is 0.296 e. The van der Waals surface area contributed by atoms with Gasteiger partial charge >= 0.3 is 0 Å². The van der Waals surface area contributed by atoms with Gasteiger partial charge in [0.2, 0.25) is 0 Å². The molecule has 0 bridgehead atoms. The molecule has 1 aromatic heterocycles. The summed E-state index contributed by atoms with van der Waals surface area (Å²) in [5.74, 6) is -0.297. The predicted molar refractivity (Wildman–Crippen MR) is 34.3 cm³/mol. The Morgan fingerprint density at radius 2 is 2.60 bits per heavy atom. The molecule has 0 saturated heterocycles. The molecule has 0 unspecified atom stereocenters. The summed E-state index contributed by atoms with van der Waals surface area (Å²) in [6.07, 6.45) is 0.869. The van der Waals surface area contributed by atoms with E-state index in [1.165, 1.54) is 0 Å². The SMILES string of the molecule is [2H]C([2H])c1ncc(S(=O)(=O)Cl)o1. The topological polar surface area (TPSA) is 60.2 Å². The van der Waals surface area contributed by atoms with Gasteiger partial charge in [-0.2, -0.15) is 0 Å². The monoisotopic (exact) mass is 183 g/mol. The third-order valence-electron chi connectivity index (χ3n) is 0.743. The fourth-order valence-corrected chi connectivity index (χ4v) is 0.962. The van der Waals surface area contributed by atoms with E-state index in [0.29, 0.717) is 0 Å². The zero-order chi connectivity index (χ0) is 9.35. The summed E-state index contributed by atoms with van der Waals surface area (Å²) in [6.45, 7) is -1.45. The molecule has 10 heavy (non-hydrogen) atoms. The number of nitrogens with zero attached hydrogens (tertiary/aromatic N) is 1. The summed E-state index contributed by atoms with van der Waals surface area (Å²) in [5, 5.41) is -0.538. The first-order chi connectivity index (χ1) is 5.41. The van der Waals surface area contributed by atoms with Crippen molar-refractivity contribution in [2.45, 2.75) is 12.0 Å². The molecule has 6 heteroatoms. The molecule has 0 fully saturated rings. The highest BCUT2D eigenvalue weighted by atomic mass is 35.7. The van der Waals surface area contributed by atoms with Crippen molar-refractivity contribution in [1.29, 1.82) is 0 Å². The molecule has 0 aliphatic heterocycles. The molecule has 0 radical (unpaired) electrons. The van der Waals surface area contributed by atoms with Crippen molar-refractivity contribution in [3.8, 4) is 0 Å². The minimum absolute atomic E-state index is 0.297. The highest BCUT2D eigenvalue weighted by Gasteiger charge is 2.14. The van der Waals surface area contributed by atoms with E-state index in [1.54, 1.807) is 0 Å². The number of oxazole rings is 1. The quantitative estimate of drug-likeness (QED) is 0.608. The van der Waals surface area contributed by atoms with E-state index in [1.807, 2.05) is 0 Å². The zero-order valence-electron chi connectivity index (χ0n) is 6.61. The maximum atomic E-state index is 10.6. The molecular formula is C4H4ClNO3S. The Balaban J connectivity index is 3.09. The van der Waals surface area contributed by atoms with E-state index in [-0.39, 0.29) is 5.89 Å². The first-order valence-corrected chi connectivity index (χ1v) is 4.47. The van der Waals surface area contributed by atoms with Crippen LogP contribution in [0.25, 0.3) is 0 Å². The van der Waals surface area contributed by atoms with Crippen molar-refractivity contribution in [2.75, 3.05) is 0 Å². The molecule has 4 nitrogen and oxygen atoms in total. The van der Waals surface area contributed by atoms with E-state index in [4.69, 9.17) is 13.4 Å². The average molecular weight is 184 g/mol. The Morgan fingerprint density at radius 3 is 2.90 bits per heavy atom. The summed E-state index contributed by atoms with van der Waals surface area (Å²) in [7, 11) is 0.953. The van der Waals surface area contributed by atoms with E-state index in [2.05, 4.69) is 9.40 Å². The number of halogens is 1. The normalized spacial score (nSPS) is 15.0. The first-order valence-electron chi connectivity index (χ1n) is 3.31. The number of rotatable bonds is 1. The van der Waals surface area contributed by atoms with Crippen molar-refractivity contribution in [1.82, 2.24) is 4.98 Å². The van der Waals surface area contributed by atoms with Gasteiger partial charge in [0, 0.05) is 20.3 Å². The first kappa shape index (κ1) is 5.15. The molecule has 0 N–H and O–H groups in total. The second-order valence-electron chi connectivity index (χ2n) is 1.46. The molecule has 0 spiro atoms. The van der Waals surface area contributed by atoms with Gasteiger partial charge in [-0.15, -0.1) is 0 Å². The molecule has 1 rings (SSSR count). The fourth-order valence-electron chi connectivity index (χ4n) is 0.385. The molecular weight excluding hydrogens is 178 g/mol. The van der Waals surface area contributed by atoms with Crippen molar-refractivity contribution >= 4 is 19.7 Å². The van der Waals surface area contributed by atoms with Crippen LogP contribution in [0.2, 0.25) is 0 Å². The molecule has 1 heterocycles. The summed E-state index contributed by atoms with van der Waals surface area (Å²) in [4.78, 5) is 3.38. The van der Waals surface area contributed by atoms with Crippen LogP contribution in [0.15, 0.2) is 15.7 Å². The van der Waals surface area contributed by atoms with Gasteiger partial charge in [0.05, 0.1) is 6.20 Å². The Kier molecular flexibility index (Phi) is 1.16. The van der Waals surface area contributed by atoms with E-state index < -0.39 is 21.0 Å². The van der Waals surface area contributed by atoms with Crippen LogP contribution in [-0.2, 0) is 9.05 Å². The van der Waals surface area contributed by atoms with Crippen molar-refractivity contribution in [3.05, 3.63) is 12.1 Å². The minimum Gasteiger partial charge on any atom is -0.428 e. The predicted octanol–water partition coefficient (Wildman–Crippen LogP) is 0.911. The number of aryl methyl sites for hydroxylation is 1. The van der Waals surface area contributed by atoms with Gasteiger partial charge < -0.3 is 4.42 Å². The second-order valence-corrected chi connectivity index (χ2v) is 3.95. The van der Waals surface area contributed by atoms with Crippen LogP contribution < -0.4 is 0 Å². The number of hydrogen-bond acceptors (Lipinski definition) is 4. The Labute approximate surface area is 65.1 Å². The van der Waals surface area contributed by atoms with Crippen LogP contribution in [-0.4, -0.2) is 13.4 Å². The van der Waals surface area contributed by atoms with Gasteiger partial charge in [0.25, 0.3) is 14.1 Å².